The maximum atomic E-state index is 12.9. The van der Waals surface area contributed by atoms with Crippen LogP contribution in [-0.2, 0) is 5.75 Å². The third kappa shape index (κ3) is 3.23. The summed E-state index contributed by atoms with van der Waals surface area (Å²) in [6.45, 7) is 0. The molecule has 1 heterocycles. The molecule has 3 rings (SSSR count). The summed E-state index contributed by atoms with van der Waals surface area (Å²) in [5, 5.41) is 9.44. The normalized spacial score (nSPS) is 10.8. The molecule has 0 aliphatic heterocycles. The van der Waals surface area contributed by atoms with Gasteiger partial charge >= 0.3 is 0 Å². The van der Waals surface area contributed by atoms with E-state index in [0.29, 0.717) is 21.8 Å². The highest BCUT2D eigenvalue weighted by atomic mass is 35.5. The van der Waals surface area contributed by atoms with E-state index < -0.39 is 0 Å². The van der Waals surface area contributed by atoms with Crippen molar-refractivity contribution >= 4 is 23.4 Å². The van der Waals surface area contributed by atoms with Crippen molar-refractivity contribution < 1.29 is 4.39 Å². The average Bonchev–Trinajstić information content (AvgIpc) is 2.89. The summed E-state index contributed by atoms with van der Waals surface area (Å²) in [5.41, 5.74) is 1.83. The maximum absolute atomic E-state index is 12.9. The van der Waals surface area contributed by atoms with E-state index in [0.717, 1.165) is 11.1 Å². The largest absolute Gasteiger partial charge is 0.335 e. The second-order valence-electron chi connectivity index (χ2n) is 4.60. The van der Waals surface area contributed by atoms with Crippen LogP contribution in [0, 0.1) is 5.82 Å². The minimum Gasteiger partial charge on any atom is -0.335 e. The first-order valence-electron chi connectivity index (χ1n) is 6.47. The number of rotatable bonds is 4. The standard InChI is InChI=1S/C15H12ClFN4S/c16-12-5-3-11(4-6-12)14-19-20-15(21(14)18)22-9-10-1-7-13(17)8-2-10/h1-8H,9,18H2. The first-order chi connectivity index (χ1) is 10.6. The van der Waals surface area contributed by atoms with E-state index in [1.54, 1.807) is 24.3 Å². The fourth-order valence-corrected chi connectivity index (χ4v) is 2.84. The minimum atomic E-state index is -0.249. The molecule has 0 fully saturated rings. The molecule has 22 heavy (non-hydrogen) atoms. The molecule has 7 heteroatoms. The van der Waals surface area contributed by atoms with Crippen LogP contribution in [0.1, 0.15) is 5.56 Å². The van der Waals surface area contributed by atoms with Gasteiger partial charge in [0.05, 0.1) is 0 Å². The fraction of sp³-hybridized carbons (Fsp3) is 0.0667. The molecule has 0 saturated carbocycles. The lowest BCUT2D eigenvalue weighted by Gasteiger charge is -2.04. The fourth-order valence-electron chi connectivity index (χ4n) is 1.90. The number of halogens is 2. The summed E-state index contributed by atoms with van der Waals surface area (Å²) in [4.78, 5) is 0. The van der Waals surface area contributed by atoms with Crippen LogP contribution in [0.4, 0.5) is 4.39 Å². The van der Waals surface area contributed by atoms with E-state index in [2.05, 4.69) is 10.2 Å². The van der Waals surface area contributed by atoms with Crippen molar-refractivity contribution in [3.05, 3.63) is 64.9 Å². The van der Waals surface area contributed by atoms with Gasteiger partial charge in [-0.2, -0.15) is 0 Å². The van der Waals surface area contributed by atoms with Crippen molar-refractivity contribution in [2.45, 2.75) is 10.9 Å². The smallest absolute Gasteiger partial charge is 0.210 e. The van der Waals surface area contributed by atoms with Crippen molar-refractivity contribution in [1.29, 1.82) is 0 Å². The van der Waals surface area contributed by atoms with Gasteiger partial charge in [-0.15, -0.1) is 10.2 Å². The van der Waals surface area contributed by atoms with Gasteiger partial charge in [-0.1, -0.05) is 35.5 Å². The van der Waals surface area contributed by atoms with Crippen LogP contribution >= 0.6 is 23.4 Å². The lowest BCUT2D eigenvalue weighted by atomic mass is 10.2. The van der Waals surface area contributed by atoms with Crippen LogP contribution in [0.15, 0.2) is 53.7 Å². The summed E-state index contributed by atoms with van der Waals surface area (Å²) in [7, 11) is 0. The first-order valence-corrected chi connectivity index (χ1v) is 7.83. The number of nitrogens with two attached hydrogens (primary N) is 1. The summed E-state index contributed by atoms with van der Waals surface area (Å²) < 4.78 is 14.3. The molecule has 3 aromatic rings. The summed E-state index contributed by atoms with van der Waals surface area (Å²) in [6, 6.07) is 13.6. The van der Waals surface area contributed by atoms with E-state index in [1.165, 1.54) is 28.6 Å². The predicted molar refractivity (Wildman–Crippen MR) is 86.6 cm³/mol. The number of hydrogen-bond acceptors (Lipinski definition) is 4. The Balaban J connectivity index is 1.75. The molecule has 0 aliphatic carbocycles. The second kappa shape index (κ2) is 6.37. The lowest BCUT2D eigenvalue weighted by molar-refractivity contribution is 0.627. The Morgan fingerprint density at radius 1 is 1.05 bits per heavy atom. The zero-order valence-electron chi connectivity index (χ0n) is 11.4. The maximum Gasteiger partial charge on any atom is 0.210 e. The Morgan fingerprint density at radius 3 is 2.41 bits per heavy atom. The summed E-state index contributed by atoms with van der Waals surface area (Å²) >= 11 is 7.31. The third-order valence-electron chi connectivity index (χ3n) is 3.05. The van der Waals surface area contributed by atoms with Gasteiger partial charge in [0.2, 0.25) is 5.16 Å². The van der Waals surface area contributed by atoms with Crippen molar-refractivity contribution in [2.75, 3.05) is 5.84 Å². The molecule has 0 radical (unpaired) electrons. The van der Waals surface area contributed by atoms with Gasteiger partial charge in [0.25, 0.3) is 0 Å². The Morgan fingerprint density at radius 2 is 1.73 bits per heavy atom. The van der Waals surface area contributed by atoms with Crippen molar-refractivity contribution in [3.8, 4) is 11.4 Å². The van der Waals surface area contributed by atoms with E-state index in [4.69, 9.17) is 17.4 Å². The quantitative estimate of drug-likeness (QED) is 0.583. The van der Waals surface area contributed by atoms with Crippen molar-refractivity contribution in [1.82, 2.24) is 14.9 Å². The van der Waals surface area contributed by atoms with Crippen LogP contribution in [-0.4, -0.2) is 14.9 Å². The second-order valence-corrected chi connectivity index (χ2v) is 5.98. The molecule has 4 nitrogen and oxygen atoms in total. The highest BCUT2D eigenvalue weighted by molar-refractivity contribution is 7.98. The number of benzene rings is 2. The molecule has 0 atom stereocenters. The van der Waals surface area contributed by atoms with Crippen molar-refractivity contribution in [2.24, 2.45) is 0 Å². The Hall–Kier alpha value is -2.05. The Kier molecular flexibility index (Phi) is 4.31. The molecule has 0 saturated heterocycles. The highest BCUT2D eigenvalue weighted by Crippen LogP contribution is 2.25. The molecule has 112 valence electrons. The van der Waals surface area contributed by atoms with E-state index in [9.17, 15) is 4.39 Å². The van der Waals surface area contributed by atoms with Crippen LogP contribution in [0.25, 0.3) is 11.4 Å². The van der Waals surface area contributed by atoms with Gasteiger partial charge in [-0.25, -0.2) is 9.07 Å². The molecular weight excluding hydrogens is 323 g/mol. The van der Waals surface area contributed by atoms with Gasteiger partial charge in [0.15, 0.2) is 5.82 Å². The first kappa shape index (κ1) is 14.9. The van der Waals surface area contributed by atoms with Gasteiger partial charge in [0.1, 0.15) is 5.82 Å². The molecule has 0 aliphatic rings. The minimum absolute atomic E-state index is 0.249. The molecule has 0 unspecified atom stereocenters. The zero-order valence-corrected chi connectivity index (χ0v) is 13.0. The topological polar surface area (TPSA) is 56.7 Å². The molecule has 0 bridgehead atoms. The lowest BCUT2D eigenvalue weighted by Crippen LogP contribution is -2.11. The number of thioether (sulfide) groups is 1. The van der Waals surface area contributed by atoms with Gasteiger partial charge in [-0.05, 0) is 42.0 Å². The van der Waals surface area contributed by atoms with Crippen LogP contribution < -0.4 is 5.84 Å². The van der Waals surface area contributed by atoms with E-state index in [1.807, 2.05) is 12.1 Å². The van der Waals surface area contributed by atoms with Crippen LogP contribution in [0.2, 0.25) is 5.02 Å². The Labute approximate surface area is 136 Å². The predicted octanol–water partition coefficient (Wildman–Crippen LogP) is 3.74. The van der Waals surface area contributed by atoms with E-state index >= 15 is 0 Å². The van der Waals surface area contributed by atoms with Crippen molar-refractivity contribution in [3.63, 3.8) is 0 Å². The summed E-state index contributed by atoms with van der Waals surface area (Å²) in [6.07, 6.45) is 0. The number of nitrogen functional groups attached to an aromatic ring is 1. The van der Waals surface area contributed by atoms with E-state index in [-0.39, 0.29) is 5.82 Å². The highest BCUT2D eigenvalue weighted by Gasteiger charge is 2.12. The molecular formula is C15H12ClFN4S. The number of aromatic nitrogens is 3. The third-order valence-corrected chi connectivity index (χ3v) is 4.31. The van der Waals surface area contributed by atoms with Gasteiger partial charge in [0, 0.05) is 16.3 Å². The van der Waals surface area contributed by atoms with Crippen LogP contribution in [0.5, 0.6) is 0 Å². The molecule has 2 aromatic carbocycles. The SMILES string of the molecule is Nn1c(SCc2ccc(F)cc2)nnc1-c1ccc(Cl)cc1. The zero-order chi connectivity index (χ0) is 15.5. The number of nitrogens with zero attached hydrogens (tertiary/aromatic N) is 3. The monoisotopic (exact) mass is 334 g/mol. The molecule has 0 spiro atoms. The van der Waals surface area contributed by atoms with Gasteiger partial charge < -0.3 is 5.84 Å². The average molecular weight is 335 g/mol. The molecule has 2 N–H and O–H groups in total. The van der Waals surface area contributed by atoms with Gasteiger partial charge in [-0.3, -0.25) is 0 Å². The Bertz CT molecular complexity index is 771. The summed E-state index contributed by atoms with van der Waals surface area (Å²) in [5.74, 6) is 6.99. The molecule has 0 amide bonds. The number of hydrogen-bond donors (Lipinski definition) is 1. The molecule has 1 aromatic heterocycles. The van der Waals surface area contributed by atoms with Crippen LogP contribution in [0.3, 0.4) is 0 Å².